The zero-order valence-corrected chi connectivity index (χ0v) is 21.3. The molecule has 3 N–H and O–H groups in total. The van der Waals surface area contributed by atoms with Crippen LogP contribution in [0.5, 0.6) is 5.75 Å². The Morgan fingerprint density at radius 1 is 1.05 bits per heavy atom. The van der Waals surface area contributed by atoms with Crippen LogP contribution in [0.3, 0.4) is 0 Å². The number of rotatable bonds is 7. The SMILES string of the molecule is COc1c(NS(=O)(=O)c2ccc(F)cc2)cc(-c2ccc3nccc(N4CCOCC4)c3c2)cc1C(N)=O. The van der Waals surface area contributed by atoms with Crippen molar-refractivity contribution in [2.45, 2.75) is 4.90 Å². The molecular formula is C27H25FN4O5S. The molecule has 1 aromatic heterocycles. The van der Waals surface area contributed by atoms with Gasteiger partial charge in [-0.25, -0.2) is 12.8 Å². The third kappa shape index (κ3) is 4.98. The smallest absolute Gasteiger partial charge is 0.262 e. The number of fused-ring (bicyclic) bond motifs is 1. The first kappa shape index (κ1) is 25.4. The number of methoxy groups -OCH3 is 1. The number of benzene rings is 3. The van der Waals surface area contributed by atoms with E-state index in [0.717, 1.165) is 53.9 Å². The average molecular weight is 537 g/mol. The topological polar surface area (TPSA) is 124 Å². The summed E-state index contributed by atoms with van der Waals surface area (Å²) in [6.07, 6.45) is 1.76. The van der Waals surface area contributed by atoms with Gasteiger partial charge in [0, 0.05) is 30.4 Å². The number of nitrogens with one attached hydrogen (secondary N) is 1. The largest absolute Gasteiger partial charge is 0.494 e. The highest BCUT2D eigenvalue weighted by Crippen LogP contribution is 2.38. The van der Waals surface area contributed by atoms with E-state index >= 15 is 0 Å². The lowest BCUT2D eigenvalue weighted by atomic mass is 9.98. The number of amides is 1. The Bertz CT molecular complexity index is 1620. The number of nitrogens with two attached hydrogens (primary N) is 1. The van der Waals surface area contributed by atoms with E-state index in [-0.39, 0.29) is 21.9 Å². The minimum atomic E-state index is -4.14. The quantitative estimate of drug-likeness (QED) is 0.368. The highest BCUT2D eigenvalue weighted by Gasteiger charge is 2.22. The van der Waals surface area contributed by atoms with Crippen LogP contribution in [0.15, 0.2) is 71.8 Å². The maximum atomic E-state index is 13.4. The normalized spacial score (nSPS) is 13.9. The fourth-order valence-corrected chi connectivity index (χ4v) is 5.54. The van der Waals surface area contributed by atoms with Crippen molar-refractivity contribution in [1.82, 2.24) is 4.98 Å². The van der Waals surface area contributed by atoms with E-state index in [9.17, 15) is 17.6 Å². The molecule has 0 aliphatic carbocycles. The van der Waals surface area contributed by atoms with Gasteiger partial charge in [0.1, 0.15) is 5.82 Å². The molecule has 11 heteroatoms. The van der Waals surface area contributed by atoms with Crippen molar-refractivity contribution in [1.29, 1.82) is 0 Å². The van der Waals surface area contributed by atoms with Crippen LogP contribution in [0.2, 0.25) is 0 Å². The van der Waals surface area contributed by atoms with Gasteiger partial charge in [0.15, 0.2) is 5.75 Å². The number of sulfonamides is 1. The molecule has 0 saturated carbocycles. The number of nitrogens with zero attached hydrogens (tertiary/aromatic N) is 2. The van der Waals surface area contributed by atoms with Crippen LogP contribution >= 0.6 is 0 Å². The summed E-state index contributed by atoms with van der Waals surface area (Å²) in [4.78, 5) is 18.9. The number of halogens is 1. The maximum absolute atomic E-state index is 13.4. The Kier molecular flexibility index (Phi) is 6.87. The minimum absolute atomic E-state index is 0.00138. The number of carbonyl (C=O) groups is 1. The second-order valence-corrected chi connectivity index (χ2v) is 10.4. The molecule has 0 atom stereocenters. The Balaban J connectivity index is 1.63. The number of pyridine rings is 1. The van der Waals surface area contributed by atoms with Gasteiger partial charge < -0.3 is 20.1 Å². The van der Waals surface area contributed by atoms with Gasteiger partial charge in [-0.3, -0.25) is 14.5 Å². The summed E-state index contributed by atoms with van der Waals surface area (Å²) in [7, 11) is -2.82. The maximum Gasteiger partial charge on any atom is 0.262 e. The Labute approximate surface area is 219 Å². The molecule has 0 spiro atoms. The van der Waals surface area contributed by atoms with Crippen molar-refractivity contribution in [3.63, 3.8) is 0 Å². The molecule has 0 bridgehead atoms. The monoisotopic (exact) mass is 536 g/mol. The lowest BCUT2D eigenvalue weighted by molar-refractivity contribution is 0.0997. The molecule has 2 heterocycles. The molecule has 3 aromatic carbocycles. The van der Waals surface area contributed by atoms with E-state index in [1.807, 2.05) is 24.3 Å². The van der Waals surface area contributed by atoms with Gasteiger partial charge in [-0.2, -0.15) is 0 Å². The fourth-order valence-electron chi connectivity index (χ4n) is 4.48. The Morgan fingerprint density at radius 2 is 1.79 bits per heavy atom. The lowest BCUT2D eigenvalue weighted by Gasteiger charge is -2.29. The summed E-state index contributed by atoms with van der Waals surface area (Å²) in [6, 6.07) is 15.1. The summed E-state index contributed by atoms with van der Waals surface area (Å²) >= 11 is 0. The summed E-state index contributed by atoms with van der Waals surface area (Å²) in [6.45, 7) is 2.74. The number of aromatic nitrogens is 1. The van der Waals surface area contributed by atoms with Crippen molar-refractivity contribution in [3.05, 3.63) is 78.2 Å². The second kappa shape index (κ2) is 10.3. The number of hydrogen-bond acceptors (Lipinski definition) is 7. The predicted molar refractivity (Wildman–Crippen MR) is 142 cm³/mol. The lowest BCUT2D eigenvalue weighted by Crippen LogP contribution is -2.36. The van der Waals surface area contributed by atoms with Gasteiger partial charge in [-0.15, -0.1) is 0 Å². The zero-order chi connectivity index (χ0) is 26.9. The third-order valence-electron chi connectivity index (χ3n) is 6.33. The van der Waals surface area contributed by atoms with Crippen LogP contribution in [0.4, 0.5) is 15.8 Å². The molecule has 1 amide bonds. The molecule has 5 rings (SSSR count). The molecule has 0 radical (unpaired) electrons. The molecule has 1 aliphatic rings. The number of ether oxygens (including phenoxy) is 2. The van der Waals surface area contributed by atoms with E-state index in [1.165, 1.54) is 7.11 Å². The van der Waals surface area contributed by atoms with Gasteiger partial charge in [0.25, 0.3) is 15.9 Å². The van der Waals surface area contributed by atoms with Crippen LogP contribution in [0.25, 0.3) is 22.0 Å². The van der Waals surface area contributed by atoms with E-state index in [4.69, 9.17) is 15.2 Å². The molecule has 196 valence electrons. The van der Waals surface area contributed by atoms with Crippen molar-refractivity contribution < 1.29 is 27.1 Å². The highest BCUT2D eigenvalue weighted by molar-refractivity contribution is 7.92. The van der Waals surface area contributed by atoms with Gasteiger partial charge in [0.2, 0.25) is 0 Å². The second-order valence-electron chi connectivity index (χ2n) is 8.69. The standard InChI is InChI=1S/C27H25FN4O5S/c1-36-26-22(27(29)33)15-18(16-24(26)31-38(34,35)20-5-3-19(28)4-6-20)17-2-7-23-21(14-17)25(8-9-30-23)32-10-12-37-13-11-32/h2-9,14-16,31H,10-13H2,1H3,(H2,29,33). The van der Waals surface area contributed by atoms with E-state index in [0.29, 0.717) is 24.3 Å². The molecule has 1 saturated heterocycles. The number of hydrogen-bond donors (Lipinski definition) is 2. The summed E-state index contributed by atoms with van der Waals surface area (Å²) in [5.74, 6) is -1.38. The number of morpholine rings is 1. The average Bonchev–Trinajstić information content (AvgIpc) is 2.92. The number of anilines is 2. The predicted octanol–water partition coefficient (Wildman–Crippen LogP) is 3.79. The van der Waals surface area contributed by atoms with Crippen molar-refractivity contribution >= 4 is 38.2 Å². The minimum Gasteiger partial charge on any atom is -0.494 e. The van der Waals surface area contributed by atoms with Crippen LogP contribution in [0, 0.1) is 5.82 Å². The molecular weight excluding hydrogens is 511 g/mol. The van der Waals surface area contributed by atoms with Gasteiger partial charge in [-0.1, -0.05) is 6.07 Å². The van der Waals surface area contributed by atoms with Crippen molar-refractivity contribution in [3.8, 4) is 16.9 Å². The van der Waals surface area contributed by atoms with Crippen LogP contribution in [0.1, 0.15) is 10.4 Å². The number of carbonyl (C=O) groups excluding carboxylic acids is 1. The fraction of sp³-hybridized carbons (Fsp3) is 0.185. The van der Waals surface area contributed by atoms with E-state index in [2.05, 4.69) is 14.6 Å². The molecule has 0 unspecified atom stereocenters. The van der Waals surface area contributed by atoms with Gasteiger partial charge in [0.05, 0.1) is 42.0 Å². The molecule has 4 aromatic rings. The molecule has 9 nitrogen and oxygen atoms in total. The van der Waals surface area contributed by atoms with Crippen molar-refractivity contribution in [2.24, 2.45) is 5.73 Å². The first-order chi connectivity index (χ1) is 18.3. The molecule has 1 aliphatic heterocycles. The van der Waals surface area contributed by atoms with Crippen LogP contribution in [-0.4, -0.2) is 52.7 Å². The highest BCUT2D eigenvalue weighted by atomic mass is 32.2. The molecule has 38 heavy (non-hydrogen) atoms. The van der Waals surface area contributed by atoms with Crippen LogP contribution < -0.4 is 20.1 Å². The zero-order valence-electron chi connectivity index (χ0n) is 20.5. The van der Waals surface area contributed by atoms with E-state index in [1.54, 1.807) is 18.3 Å². The van der Waals surface area contributed by atoms with Crippen molar-refractivity contribution in [2.75, 3.05) is 43.0 Å². The Hall–Kier alpha value is -4.22. The van der Waals surface area contributed by atoms with Gasteiger partial charge in [-0.05, 0) is 65.7 Å². The first-order valence-electron chi connectivity index (χ1n) is 11.8. The van der Waals surface area contributed by atoms with Crippen LogP contribution in [-0.2, 0) is 14.8 Å². The summed E-state index contributed by atoms with van der Waals surface area (Å²) in [5, 5.41) is 0.900. The molecule has 1 fully saturated rings. The van der Waals surface area contributed by atoms with Gasteiger partial charge >= 0.3 is 0 Å². The number of primary amides is 1. The summed E-state index contributed by atoms with van der Waals surface area (Å²) in [5.41, 5.74) is 8.70. The first-order valence-corrected chi connectivity index (χ1v) is 13.3. The van der Waals surface area contributed by atoms with E-state index < -0.39 is 21.7 Å². The Morgan fingerprint density at radius 3 is 2.47 bits per heavy atom. The third-order valence-corrected chi connectivity index (χ3v) is 7.71. The summed E-state index contributed by atoms with van der Waals surface area (Å²) < 4.78 is 52.8.